The molecule has 2 aromatic carbocycles. The number of Topliss-reactive ketones (excluding diaryl/α,β-unsaturated/α-hetero) is 1. The Hall–Kier alpha value is -2.66. The normalized spacial score (nSPS) is 17.5. The summed E-state index contributed by atoms with van der Waals surface area (Å²) in [7, 11) is 0. The highest BCUT2D eigenvalue weighted by molar-refractivity contribution is 5.94. The number of carbonyl (C=O) groups excluding carboxylic acids is 2. The van der Waals surface area contributed by atoms with E-state index in [0.717, 1.165) is 5.56 Å². The summed E-state index contributed by atoms with van der Waals surface area (Å²) in [5, 5.41) is 12.3. The van der Waals surface area contributed by atoms with E-state index in [4.69, 9.17) is 4.74 Å². The summed E-state index contributed by atoms with van der Waals surface area (Å²) in [6, 6.07) is 15.1. The molecule has 1 fully saturated rings. The summed E-state index contributed by atoms with van der Waals surface area (Å²) < 4.78 is 5.51. The zero-order chi connectivity index (χ0) is 23.9. The summed E-state index contributed by atoms with van der Waals surface area (Å²) in [6.07, 6.45) is -0.384. The molecule has 0 aliphatic carbocycles. The second-order valence-corrected chi connectivity index (χ2v) is 10.5. The molecule has 3 rings (SSSR count). The zero-order valence-corrected chi connectivity index (χ0v) is 20.2. The lowest BCUT2D eigenvalue weighted by Crippen LogP contribution is -2.66. The molecule has 0 spiro atoms. The van der Waals surface area contributed by atoms with Crippen molar-refractivity contribution < 1.29 is 19.4 Å². The van der Waals surface area contributed by atoms with Gasteiger partial charge in [0.25, 0.3) is 0 Å². The fourth-order valence-electron chi connectivity index (χ4n) is 4.42. The molecule has 1 aliphatic heterocycles. The molecule has 1 saturated heterocycles. The Labute approximate surface area is 191 Å². The van der Waals surface area contributed by atoms with Crippen LogP contribution in [0, 0.1) is 5.41 Å². The van der Waals surface area contributed by atoms with Gasteiger partial charge in [0.15, 0.2) is 5.78 Å². The van der Waals surface area contributed by atoms with Gasteiger partial charge in [-0.25, -0.2) is 4.79 Å². The van der Waals surface area contributed by atoms with Gasteiger partial charge in [-0.15, -0.1) is 0 Å². The van der Waals surface area contributed by atoms with Crippen LogP contribution < -0.4 is 0 Å². The van der Waals surface area contributed by atoms with Gasteiger partial charge in [-0.2, -0.15) is 0 Å². The van der Waals surface area contributed by atoms with Crippen molar-refractivity contribution in [2.75, 3.05) is 13.1 Å². The molecule has 1 aliphatic rings. The second kappa shape index (κ2) is 8.36. The number of ether oxygens (including phenoxy) is 1. The number of nitrogens with zero attached hydrogens (tertiary/aromatic N) is 1. The average Bonchev–Trinajstić information content (AvgIpc) is 2.69. The van der Waals surface area contributed by atoms with E-state index < -0.39 is 16.6 Å². The van der Waals surface area contributed by atoms with Crippen LogP contribution >= 0.6 is 0 Å². The van der Waals surface area contributed by atoms with Crippen LogP contribution in [0.25, 0.3) is 0 Å². The van der Waals surface area contributed by atoms with E-state index in [-0.39, 0.29) is 11.9 Å². The van der Waals surface area contributed by atoms with Gasteiger partial charge in [0.2, 0.25) is 0 Å². The van der Waals surface area contributed by atoms with Crippen molar-refractivity contribution in [3.05, 3.63) is 70.8 Å². The summed E-state index contributed by atoms with van der Waals surface area (Å²) in [5.41, 5.74) is 0.504. The van der Waals surface area contributed by atoms with Gasteiger partial charge in [0, 0.05) is 24.1 Å². The Balaban J connectivity index is 2.03. The first-order valence-corrected chi connectivity index (χ1v) is 11.2. The van der Waals surface area contributed by atoms with Gasteiger partial charge in [0.1, 0.15) is 11.2 Å². The minimum atomic E-state index is -1.38. The predicted octanol–water partition coefficient (Wildman–Crippen LogP) is 5.51. The van der Waals surface area contributed by atoms with E-state index in [1.807, 2.05) is 58.0 Å². The lowest BCUT2D eigenvalue weighted by Gasteiger charge is -2.56. The molecule has 1 amide bonds. The van der Waals surface area contributed by atoms with Gasteiger partial charge < -0.3 is 14.7 Å². The Morgan fingerprint density at radius 1 is 1.03 bits per heavy atom. The number of hydrogen-bond donors (Lipinski definition) is 1. The van der Waals surface area contributed by atoms with Gasteiger partial charge in [-0.3, -0.25) is 4.79 Å². The number of aliphatic hydroxyl groups is 1. The van der Waals surface area contributed by atoms with Gasteiger partial charge >= 0.3 is 6.09 Å². The van der Waals surface area contributed by atoms with Gasteiger partial charge in [-0.05, 0) is 56.4 Å². The SMILES string of the molecule is CC(=O)c1cccc(C(O)(c2ccc(C(C)C)cc2)C2(C)CN(C(=O)OC(C)(C)C)C2)c1. The minimum absolute atomic E-state index is 0.0569. The largest absolute Gasteiger partial charge is 0.444 e. The number of amides is 1. The first-order valence-electron chi connectivity index (χ1n) is 11.2. The van der Waals surface area contributed by atoms with E-state index in [2.05, 4.69) is 13.8 Å². The standard InChI is InChI=1S/C27H35NO4/c1-18(2)20-11-13-22(14-12-20)27(31,23-10-8-9-21(15-23)19(3)29)26(7)16-28(17-26)24(30)32-25(4,5)6/h8-15,18,31H,16-17H2,1-7H3. The fraction of sp³-hybridized carbons (Fsp3) is 0.481. The molecular formula is C27H35NO4. The Morgan fingerprint density at radius 3 is 2.12 bits per heavy atom. The molecular weight excluding hydrogens is 402 g/mol. The fourth-order valence-corrected chi connectivity index (χ4v) is 4.42. The molecule has 1 atom stereocenters. The number of benzene rings is 2. The molecule has 1 N–H and O–H groups in total. The van der Waals surface area contributed by atoms with Crippen LogP contribution in [-0.2, 0) is 10.3 Å². The van der Waals surface area contributed by atoms with Crippen LogP contribution in [-0.4, -0.2) is 40.6 Å². The summed E-state index contributed by atoms with van der Waals surface area (Å²) in [6.45, 7) is 13.9. The number of rotatable bonds is 5. The predicted molar refractivity (Wildman–Crippen MR) is 126 cm³/mol. The number of carbonyl (C=O) groups is 2. The number of ketones is 1. The van der Waals surface area contributed by atoms with E-state index in [1.54, 1.807) is 23.1 Å². The Kier molecular flexibility index (Phi) is 6.27. The third-order valence-electron chi connectivity index (χ3n) is 6.29. The van der Waals surface area contributed by atoms with E-state index in [1.165, 1.54) is 12.5 Å². The smallest absolute Gasteiger partial charge is 0.410 e. The summed E-state index contributed by atoms with van der Waals surface area (Å²) in [4.78, 5) is 26.2. The molecule has 32 heavy (non-hydrogen) atoms. The maximum atomic E-state index is 12.6. The molecule has 5 heteroatoms. The van der Waals surface area contributed by atoms with Crippen LogP contribution in [0.15, 0.2) is 48.5 Å². The highest BCUT2D eigenvalue weighted by Crippen LogP contribution is 2.51. The molecule has 5 nitrogen and oxygen atoms in total. The first-order chi connectivity index (χ1) is 14.8. The first kappa shape index (κ1) is 24.0. The molecule has 1 unspecified atom stereocenters. The van der Waals surface area contributed by atoms with Crippen molar-refractivity contribution in [1.29, 1.82) is 0 Å². The lowest BCUT2D eigenvalue weighted by atomic mass is 9.61. The molecule has 2 aromatic rings. The molecule has 0 radical (unpaired) electrons. The lowest BCUT2D eigenvalue weighted by molar-refractivity contribution is -0.131. The van der Waals surface area contributed by atoms with Crippen molar-refractivity contribution in [3.63, 3.8) is 0 Å². The second-order valence-electron chi connectivity index (χ2n) is 10.5. The average molecular weight is 438 g/mol. The summed E-state index contributed by atoms with van der Waals surface area (Å²) >= 11 is 0. The molecule has 0 bridgehead atoms. The van der Waals surface area contributed by atoms with Crippen LogP contribution in [0.3, 0.4) is 0 Å². The highest BCUT2D eigenvalue weighted by atomic mass is 16.6. The molecule has 0 saturated carbocycles. The maximum absolute atomic E-state index is 12.6. The topological polar surface area (TPSA) is 66.8 Å². The quantitative estimate of drug-likeness (QED) is 0.627. The van der Waals surface area contributed by atoms with Crippen LogP contribution in [0.2, 0.25) is 0 Å². The number of hydrogen-bond acceptors (Lipinski definition) is 4. The van der Waals surface area contributed by atoms with Crippen LogP contribution in [0.5, 0.6) is 0 Å². The van der Waals surface area contributed by atoms with Crippen molar-refractivity contribution in [2.24, 2.45) is 5.41 Å². The van der Waals surface area contributed by atoms with Gasteiger partial charge in [-0.1, -0.05) is 63.2 Å². The van der Waals surface area contributed by atoms with Crippen molar-refractivity contribution in [1.82, 2.24) is 4.90 Å². The molecule has 0 aromatic heterocycles. The van der Waals surface area contributed by atoms with Crippen molar-refractivity contribution in [3.8, 4) is 0 Å². The molecule has 172 valence electrons. The van der Waals surface area contributed by atoms with E-state index >= 15 is 0 Å². The summed E-state index contributed by atoms with van der Waals surface area (Å²) in [5.74, 6) is 0.318. The maximum Gasteiger partial charge on any atom is 0.410 e. The van der Waals surface area contributed by atoms with E-state index in [0.29, 0.717) is 30.1 Å². The van der Waals surface area contributed by atoms with Crippen LogP contribution in [0.1, 0.15) is 81.4 Å². The zero-order valence-electron chi connectivity index (χ0n) is 20.2. The van der Waals surface area contributed by atoms with Gasteiger partial charge in [0.05, 0.1) is 0 Å². The Bertz CT molecular complexity index is 997. The highest BCUT2D eigenvalue weighted by Gasteiger charge is 2.58. The van der Waals surface area contributed by atoms with E-state index in [9.17, 15) is 14.7 Å². The Morgan fingerprint density at radius 2 is 1.62 bits per heavy atom. The number of likely N-dealkylation sites (tertiary alicyclic amines) is 1. The van der Waals surface area contributed by atoms with Crippen molar-refractivity contribution >= 4 is 11.9 Å². The van der Waals surface area contributed by atoms with Crippen LogP contribution in [0.4, 0.5) is 4.79 Å². The third kappa shape index (κ3) is 4.44. The third-order valence-corrected chi connectivity index (χ3v) is 6.29. The minimum Gasteiger partial charge on any atom is -0.444 e. The molecule has 1 heterocycles. The van der Waals surface area contributed by atoms with Crippen molar-refractivity contribution in [2.45, 2.75) is 65.6 Å². The monoisotopic (exact) mass is 437 g/mol.